The molecule has 3 heteroatoms. The van der Waals surface area contributed by atoms with Gasteiger partial charge in [-0.15, -0.1) is 0 Å². The van der Waals surface area contributed by atoms with E-state index in [-0.39, 0.29) is 5.97 Å². The second-order valence-corrected chi connectivity index (χ2v) is 3.88. The van der Waals surface area contributed by atoms with Crippen molar-refractivity contribution in [1.82, 2.24) is 0 Å². The Balaban J connectivity index is 2.42. The fourth-order valence-corrected chi connectivity index (χ4v) is 1.75. The summed E-state index contributed by atoms with van der Waals surface area (Å²) in [6.07, 6.45) is 0.805. The van der Waals surface area contributed by atoms with Crippen molar-refractivity contribution in [2.75, 3.05) is 12.3 Å². The number of benzene rings is 2. The van der Waals surface area contributed by atoms with Crippen LogP contribution in [0.25, 0.3) is 10.8 Å². The van der Waals surface area contributed by atoms with E-state index < -0.39 is 0 Å². The Labute approximate surface area is 100 Å². The second kappa shape index (κ2) is 4.87. The van der Waals surface area contributed by atoms with Crippen LogP contribution in [0.5, 0.6) is 0 Å². The summed E-state index contributed by atoms with van der Waals surface area (Å²) in [7, 11) is 0. The Bertz CT molecular complexity index is 549. The molecule has 0 unspecified atom stereocenters. The van der Waals surface area contributed by atoms with Gasteiger partial charge >= 0.3 is 5.97 Å². The Morgan fingerprint density at radius 1 is 1.24 bits per heavy atom. The van der Waals surface area contributed by atoms with E-state index in [1.807, 2.05) is 37.3 Å². The van der Waals surface area contributed by atoms with Gasteiger partial charge < -0.3 is 10.5 Å². The third-order valence-electron chi connectivity index (χ3n) is 2.63. The predicted molar refractivity (Wildman–Crippen MR) is 68.9 cm³/mol. The molecule has 0 radical (unpaired) electrons. The number of ether oxygens (including phenoxy) is 1. The van der Waals surface area contributed by atoms with Gasteiger partial charge in [-0.25, -0.2) is 4.79 Å². The molecule has 17 heavy (non-hydrogen) atoms. The van der Waals surface area contributed by atoms with Gasteiger partial charge in [-0.1, -0.05) is 37.3 Å². The highest BCUT2D eigenvalue weighted by atomic mass is 16.5. The van der Waals surface area contributed by atoms with E-state index in [2.05, 4.69) is 0 Å². The number of esters is 1. The van der Waals surface area contributed by atoms with Crippen LogP contribution in [0.15, 0.2) is 36.4 Å². The number of anilines is 1. The Kier molecular flexibility index (Phi) is 3.28. The van der Waals surface area contributed by atoms with Crippen LogP contribution in [0.3, 0.4) is 0 Å². The normalized spacial score (nSPS) is 10.4. The molecule has 2 aromatic carbocycles. The number of nitrogens with two attached hydrogens (primary N) is 1. The van der Waals surface area contributed by atoms with E-state index in [0.717, 1.165) is 17.2 Å². The Hall–Kier alpha value is -2.03. The highest BCUT2D eigenvalue weighted by Crippen LogP contribution is 2.25. The van der Waals surface area contributed by atoms with Crippen LogP contribution in [-0.2, 0) is 4.74 Å². The van der Waals surface area contributed by atoms with Crippen molar-refractivity contribution in [1.29, 1.82) is 0 Å². The van der Waals surface area contributed by atoms with Crippen molar-refractivity contribution in [2.24, 2.45) is 0 Å². The zero-order valence-corrected chi connectivity index (χ0v) is 9.77. The first kappa shape index (κ1) is 11.5. The summed E-state index contributed by atoms with van der Waals surface area (Å²) >= 11 is 0. The van der Waals surface area contributed by atoms with E-state index in [0.29, 0.717) is 17.9 Å². The molecule has 0 bridgehead atoms. The number of hydrogen-bond acceptors (Lipinski definition) is 3. The van der Waals surface area contributed by atoms with E-state index >= 15 is 0 Å². The number of fused-ring (bicyclic) bond motifs is 1. The Morgan fingerprint density at radius 2 is 2.00 bits per heavy atom. The molecule has 0 fully saturated rings. The fourth-order valence-electron chi connectivity index (χ4n) is 1.75. The number of nitrogen functional groups attached to an aromatic ring is 1. The number of rotatable bonds is 3. The van der Waals surface area contributed by atoms with Crippen LogP contribution < -0.4 is 5.73 Å². The molecule has 0 saturated heterocycles. The van der Waals surface area contributed by atoms with Crippen molar-refractivity contribution < 1.29 is 9.53 Å². The van der Waals surface area contributed by atoms with Gasteiger partial charge in [-0.05, 0) is 17.9 Å². The van der Waals surface area contributed by atoms with Crippen molar-refractivity contribution in [3.63, 3.8) is 0 Å². The minimum Gasteiger partial charge on any atom is -0.462 e. The van der Waals surface area contributed by atoms with Crippen LogP contribution in [-0.4, -0.2) is 12.6 Å². The monoisotopic (exact) mass is 229 g/mol. The van der Waals surface area contributed by atoms with Crippen LogP contribution in [0.1, 0.15) is 23.7 Å². The van der Waals surface area contributed by atoms with Gasteiger partial charge in [0.05, 0.1) is 17.9 Å². The largest absolute Gasteiger partial charge is 0.462 e. The molecule has 0 aromatic heterocycles. The van der Waals surface area contributed by atoms with Crippen LogP contribution in [0.2, 0.25) is 0 Å². The maximum Gasteiger partial charge on any atom is 0.340 e. The first-order valence-electron chi connectivity index (χ1n) is 5.68. The average Bonchev–Trinajstić information content (AvgIpc) is 2.37. The molecule has 3 nitrogen and oxygen atoms in total. The van der Waals surface area contributed by atoms with Gasteiger partial charge in [0.15, 0.2) is 0 Å². The lowest BCUT2D eigenvalue weighted by molar-refractivity contribution is 0.0506. The minimum absolute atomic E-state index is 0.352. The quantitative estimate of drug-likeness (QED) is 0.650. The molecule has 0 atom stereocenters. The molecule has 0 aliphatic heterocycles. The SMILES string of the molecule is CCCOC(=O)c1ccc2ccccc2c1N. The van der Waals surface area contributed by atoms with Gasteiger partial charge in [-0.3, -0.25) is 0 Å². The molecule has 0 spiro atoms. The lowest BCUT2D eigenvalue weighted by atomic mass is 10.0. The van der Waals surface area contributed by atoms with Crippen molar-refractivity contribution >= 4 is 22.4 Å². The molecule has 0 amide bonds. The summed E-state index contributed by atoms with van der Waals surface area (Å²) in [6, 6.07) is 11.3. The Morgan fingerprint density at radius 3 is 2.76 bits per heavy atom. The summed E-state index contributed by atoms with van der Waals surface area (Å²) in [5.41, 5.74) is 6.92. The standard InChI is InChI=1S/C14H15NO2/c1-2-9-17-14(16)12-8-7-10-5-3-4-6-11(10)13(12)15/h3-8H,2,9,15H2,1H3. The maximum atomic E-state index is 11.8. The van der Waals surface area contributed by atoms with E-state index in [1.54, 1.807) is 6.07 Å². The number of hydrogen-bond donors (Lipinski definition) is 1. The first-order chi connectivity index (χ1) is 8.24. The molecule has 88 valence electrons. The van der Waals surface area contributed by atoms with Crippen molar-refractivity contribution in [2.45, 2.75) is 13.3 Å². The summed E-state index contributed by atoms with van der Waals surface area (Å²) < 4.78 is 5.09. The van der Waals surface area contributed by atoms with Gasteiger partial charge in [0.25, 0.3) is 0 Å². The zero-order chi connectivity index (χ0) is 12.3. The molecule has 0 heterocycles. The topological polar surface area (TPSA) is 52.3 Å². The first-order valence-corrected chi connectivity index (χ1v) is 5.68. The van der Waals surface area contributed by atoms with Crippen LogP contribution >= 0.6 is 0 Å². The van der Waals surface area contributed by atoms with E-state index in [1.165, 1.54) is 0 Å². The van der Waals surface area contributed by atoms with Gasteiger partial charge in [-0.2, -0.15) is 0 Å². The average molecular weight is 229 g/mol. The molecular weight excluding hydrogens is 214 g/mol. The zero-order valence-electron chi connectivity index (χ0n) is 9.77. The third-order valence-corrected chi connectivity index (χ3v) is 2.63. The molecule has 2 N–H and O–H groups in total. The highest BCUT2D eigenvalue weighted by Gasteiger charge is 2.12. The van der Waals surface area contributed by atoms with Crippen LogP contribution in [0, 0.1) is 0 Å². The molecule has 0 saturated carbocycles. The second-order valence-electron chi connectivity index (χ2n) is 3.88. The summed E-state index contributed by atoms with van der Waals surface area (Å²) in [5, 5.41) is 1.91. The van der Waals surface area contributed by atoms with Crippen molar-refractivity contribution in [3.8, 4) is 0 Å². The number of carbonyl (C=O) groups is 1. The van der Waals surface area contributed by atoms with Gasteiger partial charge in [0.2, 0.25) is 0 Å². The minimum atomic E-state index is -0.352. The number of carbonyl (C=O) groups excluding carboxylic acids is 1. The fraction of sp³-hybridized carbons (Fsp3) is 0.214. The maximum absolute atomic E-state index is 11.8. The predicted octanol–water partition coefficient (Wildman–Crippen LogP) is 2.99. The summed E-state index contributed by atoms with van der Waals surface area (Å²) in [5.74, 6) is -0.352. The van der Waals surface area contributed by atoms with E-state index in [4.69, 9.17) is 10.5 Å². The summed E-state index contributed by atoms with van der Waals surface area (Å²) in [6.45, 7) is 2.38. The molecule has 2 rings (SSSR count). The van der Waals surface area contributed by atoms with Gasteiger partial charge in [0, 0.05) is 5.39 Å². The lowest BCUT2D eigenvalue weighted by Crippen LogP contribution is -2.09. The molecule has 2 aromatic rings. The van der Waals surface area contributed by atoms with Gasteiger partial charge in [0.1, 0.15) is 0 Å². The molecular formula is C14H15NO2. The lowest BCUT2D eigenvalue weighted by Gasteiger charge is -2.08. The molecule has 0 aliphatic carbocycles. The smallest absolute Gasteiger partial charge is 0.340 e. The molecule has 0 aliphatic rings. The summed E-state index contributed by atoms with van der Waals surface area (Å²) in [4.78, 5) is 11.8. The van der Waals surface area contributed by atoms with E-state index in [9.17, 15) is 4.79 Å². The van der Waals surface area contributed by atoms with Crippen molar-refractivity contribution in [3.05, 3.63) is 42.0 Å². The van der Waals surface area contributed by atoms with Crippen LogP contribution in [0.4, 0.5) is 5.69 Å². The highest BCUT2D eigenvalue weighted by molar-refractivity contribution is 6.05. The third kappa shape index (κ3) is 2.23.